The standard InChI is InChI=1S/C18H28N4OS/c1-11-5-6-12-13(9-11)24-17-15(12)16(19)20-14(21-17)7-8-22(4)10-18(2,3)23/h11,23H,5-10H2,1-4H3,(H2,19,20,21). The first-order valence-corrected chi connectivity index (χ1v) is 9.52. The van der Waals surface area contributed by atoms with Crippen LogP contribution in [0.5, 0.6) is 0 Å². The van der Waals surface area contributed by atoms with Crippen molar-refractivity contribution in [2.24, 2.45) is 5.92 Å². The average molecular weight is 349 g/mol. The number of aliphatic hydroxyl groups is 1. The van der Waals surface area contributed by atoms with Gasteiger partial charge in [0.2, 0.25) is 0 Å². The first-order chi connectivity index (χ1) is 11.2. The van der Waals surface area contributed by atoms with Gasteiger partial charge in [-0.15, -0.1) is 11.3 Å². The summed E-state index contributed by atoms with van der Waals surface area (Å²) < 4.78 is 0. The van der Waals surface area contributed by atoms with Crippen LogP contribution in [-0.2, 0) is 19.3 Å². The molecule has 1 unspecified atom stereocenters. The summed E-state index contributed by atoms with van der Waals surface area (Å²) in [5.74, 6) is 2.18. The summed E-state index contributed by atoms with van der Waals surface area (Å²) in [6, 6.07) is 0. The van der Waals surface area contributed by atoms with E-state index in [-0.39, 0.29) is 0 Å². The number of nitrogens with two attached hydrogens (primary N) is 1. The van der Waals surface area contributed by atoms with Crippen LogP contribution in [0.2, 0.25) is 0 Å². The predicted octanol–water partition coefficient (Wildman–Crippen LogP) is 2.64. The van der Waals surface area contributed by atoms with Crippen LogP contribution in [-0.4, -0.2) is 45.7 Å². The fourth-order valence-corrected chi connectivity index (χ4v) is 4.97. The summed E-state index contributed by atoms with van der Waals surface area (Å²) in [5, 5.41) is 11.0. The third-order valence-corrected chi connectivity index (χ3v) is 5.75. The van der Waals surface area contributed by atoms with E-state index in [0.717, 1.165) is 47.8 Å². The number of nitrogens with zero attached hydrogens (tertiary/aromatic N) is 3. The molecule has 2 heterocycles. The Bertz CT molecular complexity index is 735. The molecule has 0 amide bonds. The molecule has 132 valence electrons. The summed E-state index contributed by atoms with van der Waals surface area (Å²) in [7, 11) is 2.01. The summed E-state index contributed by atoms with van der Waals surface area (Å²) in [5.41, 5.74) is 6.96. The molecule has 5 nitrogen and oxygen atoms in total. The topological polar surface area (TPSA) is 75.3 Å². The van der Waals surface area contributed by atoms with E-state index < -0.39 is 5.60 Å². The molecule has 3 rings (SSSR count). The molecule has 0 bridgehead atoms. The number of aromatic nitrogens is 2. The van der Waals surface area contributed by atoms with Crippen LogP contribution in [0.3, 0.4) is 0 Å². The van der Waals surface area contributed by atoms with Crippen molar-refractivity contribution in [2.45, 2.75) is 52.1 Å². The van der Waals surface area contributed by atoms with Crippen LogP contribution in [0.25, 0.3) is 10.2 Å². The third-order valence-electron chi connectivity index (χ3n) is 4.60. The average Bonchev–Trinajstić information content (AvgIpc) is 2.80. The summed E-state index contributed by atoms with van der Waals surface area (Å²) in [6.07, 6.45) is 4.20. The molecule has 3 N–H and O–H groups in total. The van der Waals surface area contributed by atoms with E-state index in [2.05, 4.69) is 16.8 Å². The molecule has 1 aliphatic rings. The second-order valence-electron chi connectivity index (χ2n) is 7.86. The molecule has 24 heavy (non-hydrogen) atoms. The van der Waals surface area contributed by atoms with Crippen molar-refractivity contribution in [3.8, 4) is 0 Å². The molecule has 2 aromatic rings. The van der Waals surface area contributed by atoms with E-state index in [9.17, 15) is 5.11 Å². The second-order valence-corrected chi connectivity index (χ2v) is 8.94. The molecular formula is C18H28N4OS. The van der Waals surface area contributed by atoms with Crippen molar-refractivity contribution in [3.05, 3.63) is 16.3 Å². The summed E-state index contributed by atoms with van der Waals surface area (Å²) >= 11 is 1.79. The summed E-state index contributed by atoms with van der Waals surface area (Å²) in [6.45, 7) is 7.38. The highest BCUT2D eigenvalue weighted by Crippen LogP contribution is 2.39. The number of fused-ring (bicyclic) bond motifs is 3. The van der Waals surface area contributed by atoms with E-state index in [1.54, 1.807) is 11.3 Å². The van der Waals surface area contributed by atoms with E-state index in [4.69, 9.17) is 10.7 Å². The van der Waals surface area contributed by atoms with E-state index >= 15 is 0 Å². The molecule has 1 aliphatic carbocycles. The summed E-state index contributed by atoms with van der Waals surface area (Å²) in [4.78, 5) is 13.9. The highest BCUT2D eigenvalue weighted by Gasteiger charge is 2.23. The zero-order valence-corrected chi connectivity index (χ0v) is 15.9. The Morgan fingerprint density at radius 3 is 2.83 bits per heavy atom. The number of thiophene rings is 1. The van der Waals surface area contributed by atoms with Crippen molar-refractivity contribution in [2.75, 3.05) is 25.9 Å². The minimum atomic E-state index is -0.692. The number of hydrogen-bond donors (Lipinski definition) is 2. The van der Waals surface area contributed by atoms with Gasteiger partial charge in [0.25, 0.3) is 0 Å². The number of hydrogen-bond acceptors (Lipinski definition) is 6. The highest BCUT2D eigenvalue weighted by atomic mass is 32.1. The lowest BCUT2D eigenvalue weighted by atomic mass is 9.89. The van der Waals surface area contributed by atoms with Gasteiger partial charge in [0.05, 0.1) is 11.0 Å². The van der Waals surface area contributed by atoms with Crippen molar-refractivity contribution >= 4 is 27.4 Å². The van der Waals surface area contributed by atoms with Gasteiger partial charge in [-0.25, -0.2) is 9.97 Å². The van der Waals surface area contributed by atoms with E-state index in [0.29, 0.717) is 12.4 Å². The Labute approximate surface area is 147 Å². The van der Waals surface area contributed by atoms with Gasteiger partial charge in [-0.05, 0) is 51.6 Å². The van der Waals surface area contributed by atoms with E-state index in [1.165, 1.54) is 16.9 Å². The largest absolute Gasteiger partial charge is 0.389 e. The molecule has 0 saturated heterocycles. The van der Waals surface area contributed by atoms with Crippen LogP contribution >= 0.6 is 11.3 Å². The van der Waals surface area contributed by atoms with Crippen molar-refractivity contribution < 1.29 is 5.11 Å². The Morgan fingerprint density at radius 2 is 2.12 bits per heavy atom. The number of anilines is 1. The predicted molar refractivity (Wildman–Crippen MR) is 101 cm³/mol. The molecule has 2 aromatic heterocycles. The molecule has 6 heteroatoms. The van der Waals surface area contributed by atoms with Crippen LogP contribution in [0.15, 0.2) is 0 Å². The van der Waals surface area contributed by atoms with Crippen LogP contribution in [0.4, 0.5) is 5.82 Å². The molecule has 0 spiro atoms. The highest BCUT2D eigenvalue weighted by molar-refractivity contribution is 7.19. The normalized spacial score (nSPS) is 18.3. The Kier molecular flexibility index (Phi) is 4.82. The van der Waals surface area contributed by atoms with Crippen molar-refractivity contribution in [1.29, 1.82) is 0 Å². The lowest BCUT2D eigenvalue weighted by Gasteiger charge is -2.25. The van der Waals surface area contributed by atoms with Gasteiger partial charge in [0, 0.05) is 24.4 Å². The molecule has 0 aliphatic heterocycles. The molecule has 0 radical (unpaired) electrons. The maximum Gasteiger partial charge on any atom is 0.136 e. The second kappa shape index (κ2) is 6.58. The fourth-order valence-electron chi connectivity index (χ4n) is 3.56. The lowest BCUT2D eigenvalue weighted by Crippen LogP contribution is -2.37. The molecule has 1 atom stereocenters. The molecule has 0 saturated carbocycles. The van der Waals surface area contributed by atoms with Crippen LogP contribution in [0.1, 0.15) is 43.5 Å². The van der Waals surface area contributed by atoms with Crippen molar-refractivity contribution in [3.63, 3.8) is 0 Å². The minimum Gasteiger partial charge on any atom is -0.389 e. The maximum atomic E-state index is 9.89. The van der Waals surface area contributed by atoms with Gasteiger partial charge in [0.15, 0.2) is 0 Å². The van der Waals surface area contributed by atoms with Gasteiger partial charge in [-0.3, -0.25) is 0 Å². The van der Waals surface area contributed by atoms with Gasteiger partial charge >= 0.3 is 0 Å². The Morgan fingerprint density at radius 1 is 1.38 bits per heavy atom. The monoisotopic (exact) mass is 348 g/mol. The van der Waals surface area contributed by atoms with Gasteiger partial charge in [-0.2, -0.15) is 0 Å². The Balaban J connectivity index is 1.79. The first kappa shape index (κ1) is 17.6. The Hall–Kier alpha value is -1.24. The number of nitrogen functional groups attached to an aromatic ring is 1. The van der Waals surface area contributed by atoms with Gasteiger partial charge in [-0.1, -0.05) is 6.92 Å². The SMILES string of the molecule is CC1CCc2c(sc3nc(CCN(C)CC(C)(C)O)nc(N)c23)C1. The lowest BCUT2D eigenvalue weighted by molar-refractivity contribution is 0.0448. The number of aryl methyl sites for hydroxylation is 1. The maximum absolute atomic E-state index is 9.89. The smallest absolute Gasteiger partial charge is 0.136 e. The van der Waals surface area contributed by atoms with Crippen LogP contribution < -0.4 is 5.73 Å². The van der Waals surface area contributed by atoms with Crippen molar-refractivity contribution in [1.82, 2.24) is 14.9 Å². The zero-order valence-electron chi connectivity index (χ0n) is 15.1. The zero-order chi connectivity index (χ0) is 17.5. The quantitative estimate of drug-likeness (QED) is 0.869. The van der Waals surface area contributed by atoms with Crippen LogP contribution in [0, 0.1) is 5.92 Å². The fraction of sp³-hybridized carbons (Fsp3) is 0.667. The van der Waals surface area contributed by atoms with Gasteiger partial charge in [0.1, 0.15) is 16.5 Å². The molecular weight excluding hydrogens is 320 g/mol. The first-order valence-electron chi connectivity index (χ1n) is 8.70. The minimum absolute atomic E-state index is 0.621. The third kappa shape index (κ3) is 3.87. The van der Waals surface area contributed by atoms with Gasteiger partial charge < -0.3 is 15.7 Å². The number of likely N-dealkylation sites (N-methyl/N-ethyl adjacent to an activating group) is 1. The molecule has 0 aromatic carbocycles. The molecule has 0 fully saturated rings. The van der Waals surface area contributed by atoms with E-state index in [1.807, 2.05) is 20.9 Å². The number of rotatable bonds is 5.